The fourth-order valence-electron chi connectivity index (χ4n) is 3.44. The molecule has 0 spiro atoms. The third-order valence-electron chi connectivity index (χ3n) is 4.46. The van der Waals surface area contributed by atoms with Crippen molar-refractivity contribution in [1.29, 1.82) is 0 Å². The van der Waals surface area contributed by atoms with Crippen molar-refractivity contribution >= 4 is 22.4 Å². The summed E-state index contributed by atoms with van der Waals surface area (Å²) in [6.07, 6.45) is 3.78. The summed E-state index contributed by atoms with van der Waals surface area (Å²) in [6, 6.07) is 8.10. The summed E-state index contributed by atoms with van der Waals surface area (Å²) in [7, 11) is 1.99. The van der Waals surface area contributed by atoms with Gasteiger partial charge in [0.25, 0.3) is 0 Å². The van der Waals surface area contributed by atoms with E-state index in [1.54, 1.807) is 0 Å². The Labute approximate surface area is 123 Å². The van der Waals surface area contributed by atoms with Crippen LogP contribution < -0.4 is 0 Å². The molecule has 0 aliphatic carbocycles. The van der Waals surface area contributed by atoms with Gasteiger partial charge in [0, 0.05) is 42.2 Å². The Morgan fingerprint density at radius 2 is 2.10 bits per heavy atom. The number of esters is 1. The summed E-state index contributed by atoms with van der Waals surface area (Å²) in [5.74, 6) is -1.15. The second kappa shape index (κ2) is 4.21. The van der Waals surface area contributed by atoms with Crippen molar-refractivity contribution in [2.75, 3.05) is 6.61 Å². The summed E-state index contributed by atoms with van der Waals surface area (Å²) in [6.45, 7) is 2.48. The Morgan fingerprint density at radius 1 is 1.29 bits per heavy atom. The van der Waals surface area contributed by atoms with Crippen LogP contribution in [0.3, 0.4) is 0 Å². The number of aryl methyl sites for hydroxylation is 1. The molecule has 0 amide bonds. The predicted molar refractivity (Wildman–Crippen MR) is 79.5 cm³/mol. The van der Waals surface area contributed by atoms with Gasteiger partial charge in [0.1, 0.15) is 0 Å². The van der Waals surface area contributed by atoms with E-state index < -0.39 is 5.79 Å². The van der Waals surface area contributed by atoms with Gasteiger partial charge < -0.3 is 14.0 Å². The zero-order chi connectivity index (χ0) is 14.6. The molecule has 3 heterocycles. The van der Waals surface area contributed by atoms with Crippen molar-refractivity contribution in [3.05, 3.63) is 41.6 Å². The van der Waals surface area contributed by atoms with Crippen LogP contribution in [0.2, 0.25) is 0 Å². The first-order valence-electron chi connectivity index (χ1n) is 7.25. The van der Waals surface area contributed by atoms with Crippen LogP contribution in [0, 0.1) is 0 Å². The zero-order valence-electron chi connectivity index (χ0n) is 12.2. The smallest absolute Gasteiger partial charge is 0.341 e. The molecule has 1 unspecified atom stereocenters. The molecule has 0 N–H and O–H groups in total. The average molecular weight is 283 g/mol. The van der Waals surface area contributed by atoms with Gasteiger partial charge in [-0.3, -0.25) is 0 Å². The zero-order valence-corrected chi connectivity index (χ0v) is 12.2. The Hall–Kier alpha value is -2.07. The lowest BCUT2D eigenvalue weighted by Crippen LogP contribution is -2.35. The number of carbonyl (C=O) groups is 1. The van der Waals surface area contributed by atoms with Crippen molar-refractivity contribution in [3.8, 4) is 0 Å². The van der Waals surface area contributed by atoms with E-state index in [2.05, 4.69) is 6.07 Å². The number of para-hydroxylation sites is 1. The Kier molecular flexibility index (Phi) is 2.54. The number of nitrogens with zero attached hydrogens (tertiary/aromatic N) is 1. The maximum Gasteiger partial charge on any atom is 0.341 e. The fraction of sp³-hybridized carbons (Fsp3) is 0.353. The molecule has 4 rings (SSSR count). The molecular formula is C17H17NO3. The van der Waals surface area contributed by atoms with Crippen molar-refractivity contribution in [2.24, 2.45) is 7.05 Å². The van der Waals surface area contributed by atoms with Gasteiger partial charge in [-0.05, 0) is 18.9 Å². The summed E-state index contributed by atoms with van der Waals surface area (Å²) >= 11 is 0. The number of aromatic nitrogens is 1. The molecule has 1 aromatic carbocycles. The number of ether oxygens (including phenoxy) is 2. The van der Waals surface area contributed by atoms with E-state index in [4.69, 9.17) is 9.47 Å². The normalized spacial score (nSPS) is 25.3. The van der Waals surface area contributed by atoms with Crippen molar-refractivity contribution < 1.29 is 14.3 Å². The maximum absolute atomic E-state index is 12.4. The van der Waals surface area contributed by atoms with E-state index in [9.17, 15) is 4.79 Å². The number of fused-ring (bicyclic) bond motifs is 2. The van der Waals surface area contributed by atoms with Crippen LogP contribution in [0.25, 0.3) is 16.5 Å². The molecule has 4 nitrogen and oxygen atoms in total. The summed E-state index contributed by atoms with van der Waals surface area (Å²) < 4.78 is 13.3. The highest BCUT2D eigenvalue weighted by Gasteiger charge is 2.47. The van der Waals surface area contributed by atoms with E-state index in [1.165, 1.54) is 0 Å². The molecule has 1 atom stereocenters. The molecule has 21 heavy (non-hydrogen) atoms. The van der Waals surface area contributed by atoms with Crippen LogP contribution in [0.5, 0.6) is 0 Å². The topological polar surface area (TPSA) is 40.5 Å². The SMILES string of the molecule is Cn1cc(C2=C3CCCOC3(C)OC2=O)c2ccccc21. The molecule has 2 aromatic rings. The van der Waals surface area contributed by atoms with Gasteiger partial charge in [0.15, 0.2) is 0 Å². The standard InChI is InChI=1S/C17H17NO3/c1-17-13(7-5-9-20-17)15(16(19)21-17)12-10-18(2)14-8-4-3-6-11(12)14/h3-4,6,8,10H,5,7,9H2,1-2H3. The number of hydrogen-bond donors (Lipinski definition) is 0. The minimum atomic E-state index is -0.873. The number of rotatable bonds is 1. The molecule has 0 radical (unpaired) electrons. The maximum atomic E-state index is 12.4. The van der Waals surface area contributed by atoms with Crippen LogP contribution in [0.4, 0.5) is 0 Å². The largest absolute Gasteiger partial charge is 0.426 e. The predicted octanol–water partition coefficient (Wildman–Crippen LogP) is 3.02. The second-order valence-corrected chi connectivity index (χ2v) is 5.81. The van der Waals surface area contributed by atoms with Crippen LogP contribution in [0.1, 0.15) is 25.3 Å². The van der Waals surface area contributed by atoms with Crippen LogP contribution >= 0.6 is 0 Å². The first kappa shape index (κ1) is 12.7. The average Bonchev–Trinajstić information content (AvgIpc) is 2.92. The minimum absolute atomic E-state index is 0.272. The lowest BCUT2D eigenvalue weighted by atomic mass is 9.92. The molecule has 1 fully saturated rings. The van der Waals surface area contributed by atoms with Gasteiger partial charge in [0.2, 0.25) is 5.79 Å². The van der Waals surface area contributed by atoms with E-state index in [1.807, 2.05) is 42.9 Å². The quantitative estimate of drug-likeness (QED) is 0.755. The monoisotopic (exact) mass is 283 g/mol. The highest BCUT2D eigenvalue weighted by atomic mass is 16.7. The molecule has 108 valence electrons. The number of carbonyl (C=O) groups excluding carboxylic acids is 1. The van der Waals surface area contributed by atoms with Crippen LogP contribution in [-0.2, 0) is 21.3 Å². The molecule has 2 aliphatic heterocycles. The van der Waals surface area contributed by atoms with Gasteiger partial charge in [-0.2, -0.15) is 0 Å². The lowest BCUT2D eigenvalue weighted by molar-refractivity contribution is -0.201. The van der Waals surface area contributed by atoms with Crippen molar-refractivity contribution in [1.82, 2.24) is 4.57 Å². The van der Waals surface area contributed by atoms with Gasteiger partial charge in [0.05, 0.1) is 12.2 Å². The molecule has 0 saturated carbocycles. The highest BCUT2D eigenvalue weighted by Crippen LogP contribution is 2.45. The van der Waals surface area contributed by atoms with Crippen molar-refractivity contribution in [2.45, 2.75) is 25.6 Å². The number of benzene rings is 1. The summed E-state index contributed by atoms with van der Waals surface area (Å²) in [5.41, 5.74) is 3.73. The highest BCUT2D eigenvalue weighted by molar-refractivity contribution is 6.23. The second-order valence-electron chi connectivity index (χ2n) is 5.81. The molecule has 2 aliphatic rings. The van der Waals surface area contributed by atoms with Gasteiger partial charge in [-0.25, -0.2) is 4.79 Å². The first-order chi connectivity index (χ1) is 10.1. The molecule has 1 saturated heterocycles. The molecular weight excluding hydrogens is 266 g/mol. The van der Waals surface area contributed by atoms with Gasteiger partial charge >= 0.3 is 5.97 Å². The Morgan fingerprint density at radius 3 is 2.95 bits per heavy atom. The molecule has 4 heteroatoms. The van der Waals surface area contributed by atoms with E-state index in [-0.39, 0.29) is 5.97 Å². The third-order valence-corrected chi connectivity index (χ3v) is 4.46. The molecule has 1 aromatic heterocycles. The fourth-order valence-corrected chi connectivity index (χ4v) is 3.44. The van der Waals surface area contributed by atoms with Gasteiger partial charge in [-0.15, -0.1) is 0 Å². The van der Waals surface area contributed by atoms with Gasteiger partial charge in [-0.1, -0.05) is 18.2 Å². The van der Waals surface area contributed by atoms with Crippen LogP contribution in [0.15, 0.2) is 36.0 Å². The third kappa shape index (κ3) is 1.69. The van der Waals surface area contributed by atoms with E-state index in [0.29, 0.717) is 12.2 Å². The molecule has 0 bridgehead atoms. The van der Waals surface area contributed by atoms with E-state index >= 15 is 0 Å². The Balaban J connectivity index is 1.99. The number of hydrogen-bond acceptors (Lipinski definition) is 3. The van der Waals surface area contributed by atoms with E-state index in [0.717, 1.165) is 34.9 Å². The lowest BCUT2D eigenvalue weighted by Gasteiger charge is -2.30. The Bertz CT molecular complexity index is 786. The van der Waals surface area contributed by atoms with Crippen molar-refractivity contribution in [3.63, 3.8) is 0 Å². The van der Waals surface area contributed by atoms with Crippen LogP contribution in [-0.4, -0.2) is 22.9 Å². The summed E-state index contributed by atoms with van der Waals surface area (Å²) in [5, 5.41) is 1.08. The minimum Gasteiger partial charge on any atom is -0.426 e. The summed E-state index contributed by atoms with van der Waals surface area (Å²) in [4.78, 5) is 12.4. The first-order valence-corrected chi connectivity index (χ1v) is 7.25.